The number of allylic oxidation sites excluding steroid dienone is 2. The van der Waals surface area contributed by atoms with Gasteiger partial charge >= 0.3 is 0 Å². The highest BCUT2D eigenvalue weighted by atomic mass is 35.5. The van der Waals surface area contributed by atoms with Crippen molar-refractivity contribution in [3.63, 3.8) is 0 Å². The summed E-state index contributed by atoms with van der Waals surface area (Å²) in [4.78, 5) is 19.7. The second kappa shape index (κ2) is 13.5. The van der Waals surface area contributed by atoms with Crippen LogP contribution >= 0.6 is 11.6 Å². The zero-order chi connectivity index (χ0) is 28.7. The number of carbonyl (C=O) groups is 1. The normalized spacial score (nSPS) is 19.3. The largest absolute Gasteiger partial charge is 0.377 e. The number of rotatable bonds is 12. The van der Waals surface area contributed by atoms with Gasteiger partial charge in [0.05, 0.1) is 23.8 Å². The van der Waals surface area contributed by atoms with Gasteiger partial charge in [-0.25, -0.2) is 8.78 Å². The maximum absolute atomic E-state index is 14.0. The molecule has 4 atom stereocenters. The Bertz CT molecular complexity index is 1200. The van der Waals surface area contributed by atoms with Crippen molar-refractivity contribution in [1.82, 2.24) is 15.5 Å². The Morgan fingerprint density at radius 1 is 1.15 bits per heavy atom. The van der Waals surface area contributed by atoms with E-state index in [0.717, 1.165) is 18.1 Å². The monoisotopic (exact) mass is 560 g/mol. The van der Waals surface area contributed by atoms with Gasteiger partial charge in [0.15, 0.2) is 5.96 Å². The second-order valence-electron chi connectivity index (χ2n) is 10.2. The molecule has 1 aliphatic rings. The molecule has 0 aliphatic heterocycles. The van der Waals surface area contributed by atoms with Crippen LogP contribution in [0.4, 0.5) is 8.78 Å². The fourth-order valence-corrected chi connectivity index (χ4v) is 5.08. The molecular weight excluding hydrogens is 522 g/mol. The van der Waals surface area contributed by atoms with Crippen LogP contribution in [0.15, 0.2) is 59.1 Å². The van der Waals surface area contributed by atoms with Gasteiger partial charge in [0.25, 0.3) is 5.91 Å². The summed E-state index contributed by atoms with van der Waals surface area (Å²) in [6.07, 6.45) is 3.46. The summed E-state index contributed by atoms with van der Waals surface area (Å²) in [5, 5.41) is 6.15. The van der Waals surface area contributed by atoms with Crippen molar-refractivity contribution in [2.24, 2.45) is 10.4 Å². The molecule has 1 amide bonds. The fraction of sp³-hybridized carbons (Fsp3) is 0.467. The highest BCUT2D eigenvalue weighted by Crippen LogP contribution is 2.58. The third kappa shape index (κ3) is 7.87. The van der Waals surface area contributed by atoms with Crippen LogP contribution in [-0.2, 0) is 4.74 Å². The lowest BCUT2D eigenvalue weighted by atomic mass is 9.75. The fourth-order valence-electron chi connectivity index (χ4n) is 4.97. The first-order valence-corrected chi connectivity index (χ1v) is 13.7. The molecule has 4 unspecified atom stereocenters. The van der Waals surface area contributed by atoms with E-state index in [1.54, 1.807) is 0 Å². The van der Waals surface area contributed by atoms with Crippen LogP contribution in [-0.4, -0.2) is 56.3 Å². The number of amides is 1. The van der Waals surface area contributed by atoms with Gasteiger partial charge in [-0.15, -0.1) is 0 Å². The lowest BCUT2D eigenvalue weighted by Gasteiger charge is -2.35. The maximum atomic E-state index is 14.0. The Morgan fingerprint density at radius 2 is 1.82 bits per heavy atom. The number of hydrogen-bond donors (Lipinski definition) is 2. The van der Waals surface area contributed by atoms with E-state index in [4.69, 9.17) is 16.3 Å². The topological polar surface area (TPSA) is 66.0 Å². The smallest absolute Gasteiger partial charge is 0.258 e. The molecule has 3 rings (SSSR count). The molecule has 0 bridgehead atoms. The number of nitrogens with zero attached hydrogens (tertiary/aromatic N) is 2. The van der Waals surface area contributed by atoms with Crippen LogP contribution in [0.3, 0.4) is 0 Å². The summed E-state index contributed by atoms with van der Waals surface area (Å²) in [5.74, 6) is -1.13. The number of halogens is 3. The average Bonchev–Trinajstić information content (AvgIpc) is 3.57. The molecule has 6 nitrogen and oxygen atoms in total. The first kappa shape index (κ1) is 30.7. The van der Waals surface area contributed by atoms with E-state index in [0.29, 0.717) is 19.6 Å². The second-order valence-corrected chi connectivity index (χ2v) is 10.6. The van der Waals surface area contributed by atoms with Gasteiger partial charge in [-0.3, -0.25) is 20.0 Å². The first-order chi connectivity index (χ1) is 18.5. The number of guanidine groups is 1. The van der Waals surface area contributed by atoms with Crippen LogP contribution in [0.2, 0.25) is 5.02 Å². The molecule has 39 heavy (non-hydrogen) atoms. The van der Waals surface area contributed by atoms with Gasteiger partial charge in [-0.1, -0.05) is 42.3 Å². The molecule has 2 N–H and O–H groups in total. The Balaban J connectivity index is 1.88. The summed E-state index contributed by atoms with van der Waals surface area (Å²) in [6.45, 7) is 8.96. The van der Waals surface area contributed by atoms with Crippen molar-refractivity contribution in [2.45, 2.75) is 58.7 Å². The number of benzene rings is 2. The Morgan fingerprint density at radius 3 is 2.36 bits per heavy atom. The van der Waals surface area contributed by atoms with Crippen molar-refractivity contribution in [1.29, 1.82) is 0 Å². The SMILES string of the molecule is CCOC(C)CN=C(NC(=O)c1ccc(Cl)c(F)c1)NC(CC(c1ccc(F)cc1)C1(CC)C=C1C)N(C)C. The molecule has 1 aliphatic carbocycles. The van der Waals surface area contributed by atoms with E-state index in [2.05, 4.69) is 35.5 Å². The van der Waals surface area contributed by atoms with Gasteiger partial charge in [0.2, 0.25) is 0 Å². The van der Waals surface area contributed by atoms with E-state index < -0.39 is 11.7 Å². The zero-order valence-electron chi connectivity index (χ0n) is 23.5. The molecule has 212 valence electrons. The van der Waals surface area contributed by atoms with E-state index in [1.165, 1.54) is 29.8 Å². The zero-order valence-corrected chi connectivity index (χ0v) is 24.3. The molecule has 9 heteroatoms. The molecule has 0 radical (unpaired) electrons. The summed E-state index contributed by atoms with van der Waals surface area (Å²) in [7, 11) is 3.89. The maximum Gasteiger partial charge on any atom is 0.258 e. The molecule has 0 aromatic heterocycles. The standard InChI is InChI=1S/C30H39ClF2N4O2/c1-7-30(17-19(30)3)24(21-9-12-23(32)13-10-21)16-27(37(5)6)35-29(34-18-20(4)39-8-2)36-28(38)22-11-14-25(31)26(33)15-22/h9-15,17,20,24,27H,7-8,16,18H2,1-6H3,(H2,34,35,36,38). The number of ether oxygens (including phenoxy) is 1. The number of nitrogens with one attached hydrogen (secondary N) is 2. The van der Waals surface area contributed by atoms with E-state index in [9.17, 15) is 13.6 Å². The quantitative estimate of drug-likeness (QED) is 0.142. The molecule has 0 fully saturated rings. The summed E-state index contributed by atoms with van der Waals surface area (Å²) in [6, 6.07) is 10.6. The van der Waals surface area contributed by atoms with Crippen LogP contribution in [0, 0.1) is 17.0 Å². The van der Waals surface area contributed by atoms with Crippen molar-refractivity contribution in [3.8, 4) is 0 Å². The predicted octanol–water partition coefficient (Wildman–Crippen LogP) is 6.14. The molecular formula is C30H39ClF2N4O2. The predicted molar refractivity (Wildman–Crippen MR) is 153 cm³/mol. The van der Waals surface area contributed by atoms with Crippen molar-refractivity contribution < 1.29 is 18.3 Å². The Labute approximate surface area is 235 Å². The van der Waals surface area contributed by atoms with Crippen LogP contribution < -0.4 is 10.6 Å². The van der Waals surface area contributed by atoms with Crippen LogP contribution in [0.25, 0.3) is 0 Å². The highest BCUT2D eigenvalue weighted by molar-refractivity contribution is 6.30. The van der Waals surface area contributed by atoms with Gasteiger partial charge in [0, 0.05) is 17.6 Å². The van der Waals surface area contributed by atoms with Gasteiger partial charge in [-0.05, 0) is 89.5 Å². The van der Waals surface area contributed by atoms with E-state index in [1.807, 2.05) is 45.0 Å². The summed E-state index contributed by atoms with van der Waals surface area (Å²) < 4.78 is 33.4. The molecule has 0 heterocycles. The Hall–Kier alpha value is -2.81. The molecule has 0 spiro atoms. The van der Waals surface area contributed by atoms with Crippen molar-refractivity contribution in [3.05, 3.63) is 81.9 Å². The summed E-state index contributed by atoms with van der Waals surface area (Å²) >= 11 is 5.79. The third-order valence-corrected chi connectivity index (χ3v) is 7.67. The summed E-state index contributed by atoms with van der Waals surface area (Å²) in [5.41, 5.74) is 2.40. The van der Waals surface area contributed by atoms with E-state index in [-0.39, 0.29) is 46.0 Å². The highest BCUT2D eigenvalue weighted by Gasteiger charge is 2.47. The van der Waals surface area contributed by atoms with E-state index >= 15 is 0 Å². The van der Waals surface area contributed by atoms with Gasteiger partial charge < -0.3 is 10.1 Å². The number of hydrogen-bond acceptors (Lipinski definition) is 4. The number of aliphatic imine (C=N–C) groups is 1. The first-order valence-electron chi connectivity index (χ1n) is 13.3. The minimum absolute atomic E-state index is 0.0579. The van der Waals surface area contributed by atoms with Gasteiger partial charge in [-0.2, -0.15) is 0 Å². The minimum atomic E-state index is -0.675. The molecule has 2 aromatic carbocycles. The molecule has 0 saturated carbocycles. The molecule has 0 saturated heterocycles. The van der Waals surface area contributed by atoms with Crippen LogP contribution in [0.1, 0.15) is 62.4 Å². The van der Waals surface area contributed by atoms with Gasteiger partial charge in [0.1, 0.15) is 11.6 Å². The Kier molecular flexibility index (Phi) is 10.6. The minimum Gasteiger partial charge on any atom is -0.377 e. The van der Waals surface area contributed by atoms with Crippen molar-refractivity contribution >= 4 is 23.5 Å². The van der Waals surface area contributed by atoms with Crippen molar-refractivity contribution in [2.75, 3.05) is 27.2 Å². The third-order valence-electron chi connectivity index (χ3n) is 7.36. The lowest BCUT2D eigenvalue weighted by Crippen LogP contribution is -2.52. The molecule has 2 aromatic rings. The lowest BCUT2D eigenvalue weighted by molar-refractivity contribution is 0.0825. The number of carbonyl (C=O) groups excluding carboxylic acids is 1. The average molecular weight is 561 g/mol. The van der Waals surface area contributed by atoms with Crippen LogP contribution in [0.5, 0.6) is 0 Å².